The number of hydrogen-bond donors (Lipinski definition) is 3. The third-order valence-corrected chi connectivity index (χ3v) is 2.80. The third kappa shape index (κ3) is 4.44. The molecule has 0 aliphatic heterocycles. The first-order valence-corrected chi connectivity index (χ1v) is 5.68. The largest absolute Gasteiger partial charge is 0.409 e. The van der Waals surface area contributed by atoms with Crippen molar-refractivity contribution in [2.75, 3.05) is 6.54 Å². The number of nitrogens with one attached hydrogen (secondary N) is 1. The number of hydrogen-bond acceptors (Lipinski definition) is 3. The summed E-state index contributed by atoms with van der Waals surface area (Å²) in [6.07, 6.45) is -4.56. The van der Waals surface area contributed by atoms with Gasteiger partial charge in [-0.3, -0.25) is 0 Å². The van der Waals surface area contributed by atoms with Gasteiger partial charge < -0.3 is 16.3 Å². The van der Waals surface area contributed by atoms with Gasteiger partial charge in [-0.05, 0) is 12.5 Å². The van der Waals surface area contributed by atoms with Crippen LogP contribution in [0.1, 0.15) is 18.5 Å². The van der Waals surface area contributed by atoms with Crippen molar-refractivity contribution >= 4 is 5.84 Å². The summed E-state index contributed by atoms with van der Waals surface area (Å²) in [6, 6.07) is 8.78. The van der Waals surface area contributed by atoms with Gasteiger partial charge in [-0.1, -0.05) is 35.5 Å². The number of oxime groups is 1. The first-order chi connectivity index (χ1) is 8.86. The van der Waals surface area contributed by atoms with Crippen molar-refractivity contribution in [2.45, 2.75) is 19.1 Å². The highest BCUT2D eigenvalue weighted by Crippen LogP contribution is 2.26. The van der Waals surface area contributed by atoms with E-state index in [-0.39, 0.29) is 6.04 Å². The maximum atomic E-state index is 12.7. The zero-order chi connectivity index (χ0) is 14.5. The Kier molecular flexibility index (Phi) is 5.17. The smallest absolute Gasteiger partial charge is 0.400 e. The average Bonchev–Trinajstić information content (AvgIpc) is 2.37. The molecule has 1 aromatic carbocycles. The Hall–Kier alpha value is -1.76. The van der Waals surface area contributed by atoms with Crippen molar-refractivity contribution in [1.82, 2.24) is 5.32 Å². The maximum Gasteiger partial charge on any atom is 0.400 e. The van der Waals surface area contributed by atoms with E-state index in [0.717, 1.165) is 5.56 Å². The van der Waals surface area contributed by atoms with Crippen LogP contribution in [0.2, 0.25) is 0 Å². The predicted octanol–water partition coefficient (Wildman–Crippen LogP) is 2.26. The van der Waals surface area contributed by atoms with E-state index in [4.69, 9.17) is 10.9 Å². The van der Waals surface area contributed by atoms with Gasteiger partial charge in [0.2, 0.25) is 0 Å². The molecule has 0 spiro atoms. The van der Waals surface area contributed by atoms with E-state index in [1.54, 1.807) is 19.1 Å². The Morgan fingerprint density at radius 2 is 1.95 bits per heavy atom. The van der Waals surface area contributed by atoms with Gasteiger partial charge in [0.15, 0.2) is 5.84 Å². The minimum Gasteiger partial charge on any atom is -0.409 e. The van der Waals surface area contributed by atoms with Crippen LogP contribution in [0.3, 0.4) is 0 Å². The number of halogens is 3. The fourth-order valence-electron chi connectivity index (χ4n) is 1.61. The molecule has 0 saturated heterocycles. The van der Waals surface area contributed by atoms with Crippen molar-refractivity contribution in [2.24, 2.45) is 16.8 Å². The fraction of sp³-hybridized carbons (Fsp3) is 0.417. The molecule has 2 unspecified atom stereocenters. The number of rotatable bonds is 5. The fourth-order valence-corrected chi connectivity index (χ4v) is 1.61. The van der Waals surface area contributed by atoms with Crippen LogP contribution >= 0.6 is 0 Å². The van der Waals surface area contributed by atoms with E-state index in [9.17, 15) is 13.2 Å². The lowest BCUT2D eigenvalue weighted by atomic mass is 10.1. The molecule has 0 aromatic heterocycles. The maximum absolute atomic E-state index is 12.7. The normalized spacial score (nSPS) is 16.1. The molecule has 4 N–H and O–H groups in total. The molecule has 7 heteroatoms. The first kappa shape index (κ1) is 15.3. The molecule has 2 atom stereocenters. The Labute approximate surface area is 109 Å². The lowest BCUT2D eigenvalue weighted by Gasteiger charge is -2.22. The molecule has 0 saturated carbocycles. The molecule has 0 heterocycles. The molecule has 0 amide bonds. The quantitative estimate of drug-likeness (QED) is 0.334. The third-order valence-electron chi connectivity index (χ3n) is 2.80. The topological polar surface area (TPSA) is 70.6 Å². The summed E-state index contributed by atoms with van der Waals surface area (Å²) < 4.78 is 38.1. The van der Waals surface area contributed by atoms with Gasteiger partial charge in [-0.25, -0.2) is 0 Å². The second-order valence-electron chi connectivity index (χ2n) is 4.16. The van der Waals surface area contributed by atoms with Crippen molar-refractivity contribution in [3.05, 3.63) is 35.9 Å². The Bertz CT molecular complexity index is 420. The summed E-state index contributed by atoms with van der Waals surface area (Å²) >= 11 is 0. The molecular weight excluding hydrogens is 259 g/mol. The molecule has 4 nitrogen and oxygen atoms in total. The number of amidine groups is 1. The van der Waals surface area contributed by atoms with Crippen LogP contribution in [0.15, 0.2) is 35.5 Å². The number of nitrogens with two attached hydrogens (primary N) is 1. The highest BCUT2D eigenvalue weighted by Gasteiger charge is 2.42. The summed E-state index contributed by atoms with van der Waals surface area (Å²) in [5.74, 6) is -2.86. The van der Waals surface area contributed by atoms with Crippen LogP contribution in [0.25, 0.3) is 0 Å². The minimum atomic E-state index is -4.56. The van der Waals surface area contributed by atoms with Crippen LogP contribution in [0.5, 0.6) is 0 Å². The van der Waals surface area contributed by atoms with Crippen LogP contribution in [-0.2, 0) is 0 Å². The monoisotopic (exact) mass is 275 g/mol. The molecule has 0 bridgehead atoms. The van der Waals surface area contributed by atoms with E-state index in [2.05, 4.69) is 10.5 Å². The van der Waals surface area contributed by atoms with Gasteiger partial charge in [0.05, 0.1) is 0 Å². The molecule has 0 aliphatic rings. The summed E-state index contributed by atoms with van der Waals surface area (Å²) in [4.78, 5) is 0. The SMILES string of the molecule is CC(NCC(/C(N)=N/O)C(F)(F)F)c1ccccc1. The second-order valence-corrected chi connectivity index (χ2v) is 4.16. The number of alkyl halides is 3. The second kappa shape index (κ2) is 6.42. The standard InChI is InChI=1S/C12H16F3N3O/c1-8(9-5-3-2-4-6-9)17-7-10(11(16)18-19)12(13,14)15/h2-6,8,10,17,19H,7H2,1H3,(H2,16,18). The van der Waals surface area contributed by atoms with Gasteiger partial charge in [-0.15, -0.1) is 0 Å². The van der Waals surface area contributed by atoms with Crippen molar-refractivity contribution in [1.29, 1.82) is 0 Å². The van der Waals surface area contributed by atoms with Gasteiger partial charge in [0.25, 0.3) is 0 Å². The lowest BCUT2D eigenvalue weighted by Crippen LogP contribution is -2.43. The minimum absolute atomic E-state index is 0.266. The Balaban J connectivity index is 2.68. The van der Waals surface area contributed by atoms with Crippen LogP contribution in [0.4, 0.5) is 13.2 Å². The van der Waals surface area contributed by atoms with Crippen LogP contribution in [0, 0.1) is 5.92 Å². The summed E-state index contributed by atoms with van der Waals surface area (Å²) in [5.41, 5.74) is 5.93. The molecule has 0 radical (unpaired) electrons. The molecule has 1 aromatic rings. The van der Waals surface area contributed by atoms with Gasteiger partial charge in [0.1, 0.15) is 5.92 Å². The molecule has 106 valence electrons. The molecule has 0 fully saturated rings. The van der Waals surface area contributed by atoms with Gasteiger partial charge >= 0.3 is 6.18 Å². The van der Waals surface area contributed by atoms with E-state index >= 15 is 0 Å². The van der Waals surface area contributed by atoms with Crippen molar-refractivity contribution in [3.8, 4) is 0 Å². The molecule has 1 rings (SSSR count). The van der Waals surface area contributed by atoms with E-state index < -0.39 is 24.5 Å². The van der Waals surface area contributed by atoms with Crippen molar-refractivity contribution < 1.29 is 18.4 Å². The zero-order valence-corrected chi connectivity index (χ0v) is 10.4. The van der Waals surface area contributed by atoms with Gasteiger partial charge in [0, 0.05) is 12.6 Å². The lowest BCUT2D eigenvalue weighted by molar-refractivity contribution is -0.155. The predicted molar refractivity (Wildman–Crippen MR) is 65.8 cm³/mol. The van der Waals surface area contributed by atoms with Crippen molar-refractivity contribution in [3.63, 3.8) is 0 Å². The molecule has 0 aliphatic carbocycles. The van der Waals surface area contributed by atoms with Crippen LogP contribution < -0.4 is 11.1 Å². The van der Waals surface area contributed by atoms with Crippen LogP contribution in [-0.4, -0.2) is 23.8 Å². The Morgan fingerprint density at radius 1 is 1.37 bits per heavy atom. The average molecular weight is 275 g/mol. The molecule has 19 heavy (non-hydrogen) atoms. The number of nitrogens with zero attached hydrogens (tertiary/aromatic N) is 1. The summed E-state index contributed by atoms with van der Waals surface area (Å²) in [5, 5.41) is 13.6. The highest BCUT2D eigenvalue weighted by atomic mass is 19.4. The first-order valence-electron chi connectivity index (χ1n) is 5.68. The summed E-state index contributed by atoms with van der Waals surface area (Å²) in [6.45, 7) is 1.30. The Morgan fingerprint density at radius 3 is 2.42 bits per heavy atom. The summed E-state index contributed by atoms with van der Waals surface area (Å²) in [7, 11) is 0. The highest BCUT2D eigenvalue weighted by molar-refractivity contribution is 5.83. The van der Waals surface area contributed by atoms with E-state index in [0.29, 0.717) is 0 Å². The zero-order valence-electron chi connectivity index (χ0n) is 10.4. The van der Waals surface area contributed by atoms with E-state index in [1.165, 1.54) is 0 Å². The van der Waals surface area contributed by atoms with Gasteiger partial charge in [-0.2, -0.15) is 13.2 Å². The van der Waals surface area contributed by atoms with E-state index in [1.807, 2.05) is 18.2 Å². The molecular formula is C12H16F3N3O. The number of benzene rings is 1.